The van der Waals surface area contributed by atoms with Crippen molar-refractivity contribution in [1.29, 1.82) is 0 Å². The fraction of sp³-hybridized carbons (Fsp3) is 0.114. The summed E-state index contributed by atoms with van der Waals surface area (Å²) in [4.78, 5) is 66.2. The molecule has 0 aliphatic rings. The zero-order chi connectivity index (χ0) is 38.3. The molecular weight excluding hydrogens is 736 g/mol. The van der Waals surface area contributed by atoms with Crippen LogP contribution in [0.4, 0.5) is 17.1 Å². The van der Waals surface area contributed by atoms with Crippen molar-refractivity contribution in [2.24, 2.45) is 0 Å². The quantitative estimate of drug-likeness (QED) is 0.0393. The molecule has 0 saturated heterocycles. The topological polar surface area (TPSA) is 211 Å². The standard InChI is InChI=1S/C10H6N2O3S.C10H8N2OS.C8H7NO4.C4H9.C3H3NS.Li/c13-9(10-11-5-6-16-10)7-3-1-2-4-8(7)12(14)15;11-8-4-2-1-3-7(8)9(13)10-12-5-6-14-10;1-13-8(10)6-4-2-3-5-7(6)9(11)12;1-3-4-2;1-2-5-3-4-1;/h1-6H;1-6H,11H2;2-5H,1H3;1,3-4H2,2H3;1-3H;/q;;;-1;;+1. The molecule has 18 heteroatoms. The molecule has 14 nitrogen and oxygen atoms in total. The van der Waals surface area contributed by atoms with Crippen LogP contribution in [0.25, 0.3) is 0 Å². The third-order valence-electron chi connectivity index (χ3n) is 6.01. The number of ether oxygens (including phenoxy) is 1. The molecule has 0 aliphatic heterocycles. The maximum absolute atomic E-state index is 11.9. The Bertz CT molecular complexity index is 1980. The number of nitro benzene ring substituents is 2. The van der Waals surface area contributed by atoms with Crippen LogP contribution in [0.3, 0.4) is 0 Å². The average molecular weight is 769 g/mol. The number of nitrogen functional groups attached to an aromatic ring is 1. The SMILES string of the molecule is COC(=O)c1ccccc1[N+](=O)[O-].Nc1ccccc1C(=O)c1nccs1.O=C(c1nccs1)c1ccccc1[N+](=O)[O-].[CH2-]CCC.[Li+].c1cscn1. The van der Waals surface area contributed by atoms with Crippen molar-refractivity contribution in [2.45, 2.75) is 19.8 Å². The summed E-state index contributed by atoms with van der Waals surface area (Å²) in [5.41, 5.74) is 8.09. The van der Waals surface area contributed by atoms with Crippen LogP contribution < -0.4 is 24.6 Å². The van der Waals surface area contributed by atoms with Crippen molar-refractivity contribution in [3.05, 3.63) is 167 Å². The smallest absolute Gasteiger partial charge is 0.465 e. The molecule has 0 aliphatic carbocycles. The normalized spacial score (nSPS) is 9.26. The van der Waals surface area contributed by atoms with E-state index >= 15 is 0 Å². The van der Waals surface area contributed by atoms with E-state index in [2.05, 4.69) is 33.5 Å². The minimum atomic E-state index is -0.702. The number of carbonyl (C=O) groups is 3. The number of ketones is 2. The van der Waals surface area contributed by atoms with Crippen LogP contribution >= 0.6 is 34.0 Å². The number of methoxy groups -OCH3 is 1. The van der Waals surface area contributed by atoms with Gasteiger partial charge in [0.25, 0.3) is 11.4 Å². The molecule has 6 rings (SSSR count). The number of anilines is 1. The summed E-state index contributed by atoms with van der Waals surface area (Å²) < 4.78 is 4.38. The summed E-state index contributed by atoms with van der Waals surface area (Å²) in [6.45, 7) is 5.72. The maximum Gasteiger partial charge on any atom is 1.00 e. The summed E-state index contributed by atoms with van der Waals surface area (Å²) in [5.74, 6) is -1.23. The Morgan fingerprint density at radius 2 is 1.21 bits per heavy atom. The number of hydrogen-bond acceptors (Lipinski definition) is 15. The van der Waals surface area contributed by atoms with Crippen LogP contribution in [-0.4, -0.2) is 49.4 Å². The van der Waals surface area contributed by atoms with Crippen molar-refractivity contribution in [1.82, 2.24) is 15.0 Å². The molecule has 0 bridgehead atoms. The number of nitro groups is 2. The second kappa shape index (κ2) is 25.5. The number of carbonyl (C=O) groups excluding carboxylic acids is 3. The molecular formula is C35H33LiN6O8S3. The Balaban J connectivity index is 0.000000354. The third kappa shape index (κ3) is 15.4. The Hall–Kier alpha value is -5.44. The van der Waals surface area contributed by atoms with Gasteiger partial charge in [-0.3, -0.25) is 34.8 Å². The first-order valence-electron chi connectivity index (χ1n) is 15.0. The molecule has 2 N–H and O–H groups in total. The Morgan fingerprint density at radius 1 is 0.755 bits per heavy atom. The summed E-state index contributed by atoms with van der Waals surface area (Å²) >= 11 is 4.08. The molecule has 0 fully saturated rings. The summed E-state index contributed by atoms with van der Waals surface area (Å²) in [6.07, 6.45) is 7.15. The number of nitrogens with zero attached hydrogens (tertiary/aromatic N) is 5. The molecule has 270 valence electrons. The Morgan fingerprint density at radius 3 is 1.58 bits per heavy atom. The number of rotatable bonds is 8. The first kappa shape index (κ1) is 45.6. The summed E-state index contributed by atoms with van der Waals surface area (Å²) in [5, 5.41) is 27.3. The largest absolute Gasteiger partial charge is 1.00 e. The number of aromatic nitrogens is 3. The van der Waals surface area contributed by atoms with Gasteiger partial charge in [-0.15, -0.1) is 34.0 Å². The Kier molecular flexibility index (Phi) is 21.9. The first-order valence-corrected chi connectivity index (χ1v) is 17.7. The van der Waals surface area contributed by atoms with Gasteiger partial charge in [-0.05, 0) is 24.3 Å². The molecule has 0 radical (unpaired) electrons. The molecule has 3 aromatic carbocycles. The van der Waals surface area contributed by atoms with Crippen molar-refractivity contribution in [2.75, 3.05) is 12.8 Å². The van der Waals surface area contributed by atoms with E-state index in [0.717, 1.165) is 17.8 Å². The number of hydrogen-bond donors (Lipinski definition) is 1. The van der Waals surface area contributed by atoms with Gasteiger partial charge in [-0.1, -0.05) is 49.7 Å². The number of benzene rings is 3. The van der Waals surface area contributed by atoms with Crippen LogP contribution in [0.5, 0.6) is 0 Å². The maximum atomic E-state index is 11.9. The van der Waals surface area contributed by atoms with Crippen LogP contribution in [-0.2, 0) is 4.74 Å². The summed E-state index contributed by atoms with van der Waals surface area (Å²) in [6, 6.07) is 18.5. The molecule has 0 unspecified atom stereocenters. The third-order valence-corrected chi connectivity index (χ3v) is 8.08. The fourth-order valence-electron chi connectivity index (χ4n) is 3.52. The second-order valence-corrected chi connectivity index (χ2v) is 12.0. The van der Waals surface area contributed by atoms with Crippen LogP contribution in [0, 0.1) is 27.2 Å². The van der Waals surface area contributed by atoms with Gasteiger partial charge < -0.3 is 17.4 Å². The minimum Gasteiger partial charge on any atom is -0.465 e. The van der Waals surface area contributed by atoms with Gasteiger partial charge in [0, 0.05) is 58.1 Å². The van der Waals surface area contributed by atoms with Gasteiger partial charge in [0.15, 0.2) is 10.0 Å². The van der Waals surface area contributed by atoms with Gasteiger partial charge in [-0.2, -0.15) is 6.42 Å². The fourth-order valence-corrected chi connectivity index (χ4v) is 5.05. The van der Waals surface area contributed by atoms with Crippen LogP contribution in [0.1, 0.15) is 60.9 Å². The number of unbranched alkanes of at least 4 members (excludes halogenated alkanes) is 1. The summed E-state index contributed by atoms with van der Waals surface area (Å²) in [7, 11) is 1.18. The van der Waals surface area contributed by atoms with Crippen molar-refractivity contribution >= 4 is 68.6 Å². The zero-order valence-corrected chi connectivity index (χ0v) is 31.3. The molecule has 0 saturated carbocycles. The predicted octanol–water partition coefficient (Wildman–Crippen LogP) is 5.39. The van der Waals surface area contributed by atoms with Crippen LogP contribution in [0.2, 0.25) is 0 Å². The number of thiazole rings is 3. The van der Waals surface area contributed by atoms with Gasteiger partial charge in [-0.25, -0.2) is 14.8 Å². The Labute approximate surface area is 329 Å². The van der Waals surface area contributed by atoms with Crippen molar-refractivity contribution in [3.63, 3.8) is 0 Å². The van der Waals surface area contributed by atoms with Gasteiger partial charge >= 0.3 is 24.8 Å². The second-order valence-electron chi connectivity index (χ2n) is 9.49. The minimum absolute atomic E-state index is 0. The molecule has 0 atom stereocenters. The van der Waals surface area contributed by atoms with Crippen LogP contribution in [0.15, 0.2) is 113 Å². The zero-order valence-electron chi connectivity index (χ0n) is 28.9. The monoisotopic (exact) mass is 768 g/mol. The van der Waals surface area contributed by atoms with E-state index < -0.39 is 21.6 Å². The van der Waals surface area contributed by atoms with Gasteiger partial charge in [0.1, 0.15) is 11.1 Å². The molecule has 0 amide bonds. The number of nitrogens with two attached hydrogens (primary N) is 1. The average Bonchev–Trinajstić information content (AvgIpc) is 4.01. The van der Waals surface area contributed by atoms with E-state index in [1.54, 1.807) is 76.4 Å². The van der Waals surface area contributed by atoms with Crippen molar-refractivity contribution in [3.8, 4) is 0 Å². The molecule has 3 aromatic heterocycles. The van der Waals surface area contributed by atoms with E-state index in [9.17, 15) is 34.6 Å². The number of para-hydroxylation sites is 3. The molecule has 6 aromatic rings. The molecule has 53 heavy (non-hydrogen) atoms. The van der Waals surface area contributed by atoms with Gasteiger partial charge in [0.05, 0.1) is 22.5 Å². The van der Waals surface area contributed by atoms with E-state index in [-0.39, 0.29) is 52.2 Å². The van der Waals surface area contributed by atoms with E-state index in [0.29, 0.717) is 16.3 Å². The van der Waals surface area contributed by atoms with E-state index in [1.165, 1.54) is 67.5 Å². The van der Waals surface area contributed by atoms with Gasteiger partial charge in [0.2, 0.25) is 11.6 Å². The van der Waals surface area contributed by atoms with E-state index in [1.807, 2.05) is 5.38 Å². The molecule has 3 heterocycles. The predicted molar refractivity (Wildman–Crippen MR) is 202 cm³/mol. The van der Waals surface area contributed by atoms with Crippen molar-refractivity contribution < 1.29 is 47.8 Å². The number of esters is 1. The first-order chi connectivity index (χ1) is 25.1. The van der Waals surface area contributed by atoms with E-state index in [4.69, 9.17) is 5.73 Å². The molecule has 0 spiro atoms.